The van der Waals surface area contributed by atoms with Crippen LogP contribution in [0.1, 0.15) is 66.9 Å². The molecule has 0 aliphatic carbocycles. The third kappa shape index (κ3) is 12.1. The van der Waals surface area contributed by atoms with Crippen molar-refractivity contribution in [2.75, 3.05) is 65.6 Å². The molecule has 16 heteroatoms. The number of nitrogens with zero attached hydrogens (tertiary/aromatic N) is 3. The van der Waals surface area contributed by atoms with Crippen molar-refractivity contribution in [1.82, 2.24) is 20.2 Å². The number of likely N-dealkylation sites (tertiary alicyclic amines) is 2. The Hall–Kier alpha value is -2.95. The Bertz CT molecular complexity index is 1330. The Kier molecular flexibility index (Phi) is 15.4. The van der Waals surface area contributed by atoms with Crippen molar-refractivity contribution in [2.45, 2.75) is 62.4 Å². The van der Waals surface area contributed by atoms with E-state index in [1.54, 1.807) is 0 Å². The minimum absolute atomic E-state index is 0. The van der Waals surface area contributed by atoms with Crippen LogP contribution in [0.4, 0.5) is 26.3 Å². The molecule has 5 rings (SSSR count). The van der Waals surface area contributed by atoms with Gasteiger partial charge in [-0.05, 0) is 94.0 Å². The Morgan fingerprint density at radius 1 is 0.800 bits per heavy atom. The first-order valence-electron chi connectivity index (χ1n) is 16.5. The molecular weight excluding hydrogens is 694 g/mol. The third-order valence-electron chi connectivity index (χ3n) is 9.22. The average molecular weight is 739 g/mol. The summed E-state index contributed by atoms with van der Waals surface area (Å²) in [6.07, 6.45) is -5.93. The molecule has 3 aliphatic rings. The Morgan fingerprint density at radius 3 is 1.76 bits per heavy atom. The number of carbonyl (C=O) groups is 2. The molecule has 3 heterocycles. The predicted molar refractivity (Wildman–Crippen MR) is 176 cm³/mol. The number of aliphatic hydroxyl groups is 1. The number of alkyl halides is 6. The number of ether oxygens (including phenoxy) is 1. The third-order valence-corrected chi connectivity index (χ3v) is 9.22. The number of aliphatic carboxylic acids is 1. The number of carbonyl (C=O) groups excluding carboxylic acids is 1. The molecule has 1 amide bonds. The molecule has 2 aromatic rings. The number of carboxylic acids is 1. The zero-order chi connectivity index (χ0) is 35.7. The number of carboxylic acid groups (broad SMARTS) is 1. The van der Waals surface area contributed by atoms with Crippen LogP contribution < -0.4 is 5.43 Å². The maximum absolute atomic E-state index is 13.4. The van der Waals surface area contributed by atoms with E-state index >= 15 is 0 Å². The van der Waals surface area contributed by atoms with Gasteiger partial charge in [0.15, 0.2) is 0 Å². The van der Waals surface area contributed by atoms with E-state index < -0.39 is 53.1 Å². The van der Waals surface area contributed by atoms with Gasteiger partial charge in [-0.2, -0.15) is 26.3 Å². The summed E-state index contributed by atoms with van der Waals surface area (Å²) in [6, 6.07) is 10.5. The SMILES string of the molecule is Cl.O=C(CN1CCCC1)NN1CCC(COC(CO)c2cc(C(F)(F)F)cc(C(F)(F)F)c2)(c2ccccc2)CC1.O=C(O)CN1CCCC1. The van der Waals surface area contributed by atoms with Gasteiger partial charge in [-0.3, -0.25) is 24.8 Å². The normalized spacial score (nSPS) is 19.3. The fraction of sp³-hybridized carbons (Fsp3) is 0.588. The molecule has 50 heavy (non-hydrogen) atoms. The van der Waals surface area contributed by atoms with Crippen molar-refractivity contribution >= 4 is 24.3 Å². The number of nitrogens with one attached hydrogen (secondary N) is 1. The van der Waals surface area contributed by atoms with E-state index in [1.165, 1.54) is 0 Å². The minimum Gasteiger partial charge on any atom is -0.480 e. The summed E-state index contributed by atoms with van der Waals surface area (Å²) in [5.41, 5.74) is -0.120. The lowest BCUT2D eigenvalue weighted by Gasteiger charge is -2.42. The first-order chi connectivity index (χ1) is 23.2. The predicted octanol–water partition coefficient (Wildman–Crippen LogP) is 5.52. The van der Waals surface area contributed by atoms with Crippen LogP contribution >= 0.6 is 12.4 Å². The fourth-order valence-electron chi connectivity index (χ4n) is 6.52. The second kappa shape index (κ2) is 18.5. The lowest BCUT2D eigenvalue weighted by Crippen LogP contribution is -2.53. The van der Waals surface area contributed by atoms with Crippen molar-refractivity contribution in [1.29, 1.82) is 0 Å². The van der Waals surface area contributed by atoms with Gasteiger partial charge in [0.1, 0.15) is 6.10 Å². The highest BCUT2D eigenvalue weighted by atomic mass is 35.5. The van der Waals surface area contributed by atoms with Crippen molar-refractivity contribution in [3.05, 3.63) is 70.8 Å². The molecule has 0 spiro atoms. The number of rotatable bonds is 11. The van der Waals surface area contributed by atoms with Crippen LogP contribution in [0.25, 0.3) is 0 Å². The van der Waals surface area contributed by atoms with E-state index in [0.717, 1.165) is 57.4 Å². The van der Waals surface area contributed by atoms with Crippen molar-refractivity contribution in [3.63, 3.8) is 0 Å². The van der Waals surface area contributed by atoms with Crippen LogP contribution in [0.15, 0.2) is 48.5 Å². The summed E-state index contributed by atoms with van der Waals surface area (Å²) in [6.45, 7) is 4.34. The highest BCUT2D eigenvalue weighted by Crippen LogP contribution is 2.40. The molecule has 2 aromatic carbocycles. The number of benzene rings is 2. The number of halogens is 7. The van der Waals surface area contributed by atoms with Gasteiger partial charge in [-0.1, -0.05) is 30.3 Å². The van der Waals surface area contributed by atoms with E-state index in [2.05, 4.69) is 10.3 Å². The van der Waals surface area contributed by atoms with Crippen LogP contribution in [0, 0.1) is 0 Å². The van der Waals surface area contributed by atoms with E-state index in [0.29, 0.717) is 44.6 Å². The molecule has 280 valence electrons. The molecule has 1 atom stereocenters. The van der Waals surface area contributed by atoms with Gasteiger partial charge in [0.05, 0.1) is 37.4 Å². The van der Waals surface area contributed by atoms with Crippen LogP contribution in [-0.4, -0.2) is 102 Å². The molecule has 0 bridgehead atoms. The quantitative estimate of drug-likeness (QED) is 0.259. The molecule has 0 radical (unpaired) electrons. The molecule has 0 aromatic heterocycles. The maximum Gasteiger partial charge on any atom is 0.416 e. The molecule has 3 aliphatic heterocycles. The highest BCUT2D eigenvalue weighted by Gasteiger charge is 2.40. The summed E-state index contributed by atoms with van der Waals surface area (Å²) >= 11 is 0. The van der Waals surface area contributed by atoms with Crippen LogP contribution in [0.2, 0.25) is 0 Å². The van der Waals surface area contributed by atoms with Crippen molar-refractivity contribution < 1.29 is 50.9 Å². The van der Waals surface area contributed by atoms with Crippen LogP contribution in [0.5, 0.6) is 0 Å². The summed E-state index contributed by atoms with van der Waals surface area (Å²) in [4.78, 5) is 26.7. The summed E-state index contributed by atoms with van der Waals surface area (Å²) in [5, 5.41) is 20.1. The number of aliphatic hydroxyl groups excluding tert-OH is 1. The molecule has 3 saturated heterocycles. The molecule has 9 nitrogen and oxygen atoms in total. The zero-order valence-electron chi connectivity index (χ0n) is 27.6. The number of hydrazine groups is 1. The largest absolute Gasteiger partial charge is 0.480 e. The van der Waals surface area contributed by atoms with Crippen LogP contribution in [0.3, 0.4) is 0 Å². The Morgan fingerprint density at radius 2 is 1.30 bits per heavy atom. The second-order valence-electron chi connectivity index (χ2n) is 12.9. The van der Waals surface area contributed by atoms with E-state index in [4.69, 9.17) is 9.84 Å². The first kappa shape index (κ1) is 41.5. The molecular formula is C34H45ClF6N4O5. The van der Waals surface area contributed by atoms with Gasteiger partial charge in [0.25, 0.3) is 0 Å². The average Bonchev–Trinajstić information content (AvgIpc) is 3.76. The standard InChI is InChI=1S/C28H33F6N3O3.C6H11NO2.ClH/c29-27(30,31)22-14-20(15-23(16-22)28(32,33)34)24(18-38)40-19-26(21-6-2-1-3-7-21)8-12-37(13-9-26)35-25(39)17-36-10-4-5-11-36;8-6(9)5-7-3-1-2-4-7;/h1-3,6-7,14-16,24,38H,4-5,8-13,17-19H2,(H,35,39);1-5H2,(H,8,9);1H. The topological polar surface area (TPSA) is 106 Å². The number of amides is 1. The Balaban J connectivity index is 0.000000588. The van der Waals surface area contributed by atoms with Gasteiger partial charge in [0.2, 0.25) is 5.91 Å². The zero-order valence-corrected chi connectivity index (χ0v) is 28.5. The van der Waals surface area contributed by atoms with E-state index in [9.17, 15) is 41.0 Å². The Labute approximate surface area is 293 Å². The lowest BCUT2D eigenvalue weighted by atomic mass is 9.73. The fourth-order valence-corrected chi connectivity index (χ4v) is 6.52. The van der Waals surface area contributed by atoms with Gasteiger partial charge in [-0.15, -0.1) is 12.4 Å². The minimum atomic E-state index is -5.01. The molecule has 1 unspecified atom stereocenters. The van der Waals surface area contributed by atoms with Gasteiger partial charge in [0, 0.05) is 18.5 Å². The van der Waals surface area contributed by atoms with Gasteiger partial charge in [-0.25, -0.2) is 5.01 Å². The number of hydrogen-bond donors (Lipinski definition) is 3. The number of piperidine rings is 1. The lowest BCUT2D eigenvalue weighted by molar-refractivity contribution is -0.143. The van der Waals surface area contributed by atoms with Crippen molar-refractivity contribution in [2.24, 2.45) is 0 Å². The maximum atomic E-state index is 13.4. The van der Waals surface area contributed by atoms with Gasteiger partial charge < -0.3 is 14.9 Å². The molecule has 0 saturated carbocycles. The second-order valence-corrected chi connectivity index (χ2v) is 12.9. The summed E-state index contributed by atoms with van der Waals surface area (Å²) in [5.74, 6) is -0.812. The summed E-state index contributed by atoms with van der Waals surface area (Å²) < 4.78 is 86.3. The highest BCUT2D eigenvalue weighted by molar-refractivity contribution is 5.85. The first-order valence-corrected chi connectivity index (χ1v) is 16.5. The van der Waals surface area contributed by atoms with E-state index in [1.807, 2.05) is 40.2 Å². The van der Waals surface area contributed by atoms with Crippen LogP contribution in [-0.2, 0) is 32.1 Å². The molecule has 3 fully saturated rings. The van der Waals surface area contributed by atoms with E-state index in [-0.39, 0.29) is 37.5 Å². The van der Waals surface area contributed by atoms with Gasteiger partial charge >= 0.3 is 18.3 Å². The smallest absolute Gasteiger partial charge is 0.416 e. The molecule has 3 N–H and O–H groups in total. The monoisotopic (exact) mass is 738 g/mol. The van der Waals surface area contributed by atoms with Crippen molar-refractivity contribution in [3.8, 4) is 0 Å². The number of hydrogen-bond acceptors (Lipinski definition) is 7. The summed E-state index contributed by atoms with van der Waals surface area (Å²) in [7, 11) is 0.